The molecule has 7 aromatic rings. The smallest absolute Gasteiger partial charge is 0.210 e. The lowest BCUT2D eigenvalue weighted by atomic mass is 9.75. The van der Waals surface area contributed by atoms with E-state index < -0.39 is 0 Å². The van der Waals surface area contributed by atoms with E-state index in [1.807, 2.05) is 0 Å². The Labute approximate surface area is 442 Å². The molecule has 4 aliphatic heterocycles. The molecule has 0 radical (unpaired) electrons. The maximum absolute atomic E-state index is 2.63. The summed E-state index contributed by atoms with van der Waals surface area (Å²) in [5, 5.41) is 5.29. The highest BCUT2D eigenvalue weighted by Gasteiger charge is 2.48. The number of rotatable bonds is 14. The number of allylic oxidation sites excluding steroid dienone is 8. The lowest BCUT2D eigenvalue weighted by Gasteiger charge is -2.31. The predicted octanol–water partition coefficient (Wildman–Crippen LogP) is 16.5. The van der Waals surface area contributed by atoms with E-state index in [0.717, 1.165) is 51.6 Å². The average Bonchev–Trinajstić information content (AvgIpc) is 3.94. The number of nitrogens with zero attached hydrogens (tertiary/aromatic N) is 4. The molecule has 0 saturated heterocycles. The summed E-state index contributed by atoms with van der Waals surface area (Å²) in [7, 11) is 4.47. The molecule has 2 atom stereocenters. The molecule has 74 heavy (non-hydrogen) atoms. The van der Waals surface area contributed by atoms with Gasteiger partial charge in [0.05, 0.1) is 10.8 Å². The van der Waals surface area contributed by atoms with Crippen LogP contribution in [0.4, 0.5) is 22.7 Å². The third-order valence-corrected chi connectivity index (χ3v) is 17.7. The third kappa shape index (κ3) is 7.94. The normalized spacial score (nSPS) is 21.6. The third-order valence-electron chi connectivity index (χ3n) is 17.7. The summed E-state index contributed by atoms with van der Waals surface area (Å²) in [5.74, 6) is 0. The summed E-state index contributed by atoms with van der Waals surface area (Å²) in [5.41, 5.74) is 18.3. The van der Waals surface area contributed by atoms with Crippen molar-refractivity contribution in [3.63, 3.8) is 0 Å². The standard InChI is InChI=1S/C70H76N4/c1-11-13-45-73-57-31-21-19-29-55(57)69(7,63(73)35-23-33-61-67(3,4)65-53-27-17-15-25-51(53)41-43-59(65)71(61)9)47-49-37-39-50(40-38-49)48-70(8)56-30-20-22-32-58(56)74(46-14-12-2)64(70)36-24-34-62-68(5,6)66-54-28-18-16-26-52(54)42-44-60(66)72(62)10/h15-44H,11-14,45-48H2,1-10H3/q+2. The van der Waals surface area contributed by atoms with Crippen molar-refractivity contribution in [2.45, 2.75) is 116 Å². The minimum Gasteiger partial charge on any atom is -0.344 e. The van der Waals surface area contributed by atoms with E-state index in [1.54, 1.807) is 0 Å². The second-order valence-electron chi connectivity index (χ2n) is 23.2. The predicted molar refractivity (Wildman–Crippen MR) is 316 cm³/mol. The Balaban J connectivity index is 0.909. The minimum absolute atomic E-state index is 0.143. The Hall–Kier alpha value is -7.04. The van der Waals surface area contributed by atoms with E-state index in [-0.39, 0.29) is 21.7 Å². The maximum atomic E-state index is 2.63. The highest BCUT2D eigenvalue weighted by Crippen LogP contribution is 2.52. The average molecular weight is 973 g/mol. The zero-order chi connectivity index (χ0) is 51.6. The van der Waals surface area contributed by atoms with Crippen LogP contribution in [0.5, 0.6) is 0 Å². The Bertz CT molecular complexity index is 3300. The van der Waals surface area contributed by atoms with E-state index in [4.69, 9.17) is 0 Å². The first-order valence-electron chi connectivity index (χ1n) is 27.6. The van der Waals surface area contributed by atoms with E-state index >= 15 is 0 Å². The number of unbranched alkanes of at least 4 members (excludes halogenated alkanes) is 2. The Morgan fingerprint density at radius 1 is 0.446 bits per heavy atom. The van der Waals surface area contributed by atoms with Crippen molar-refractivity contribution in [3.05, 3.63) is 227 Å². The second-order valence-corrected chi connectivity index (χ2v) is 23.2. The number of fused-ring (bicyclic) bond motifs is 8. The molecule has 4 nitrogen and oxygen atoms in total. The monoisotopic (exact) mass is 973 g/mol. The van der Waals surface area contributed by atoms with Gasteiger partial charge >= 0.3 is 0 Å². The quantitative estimate of drug-likeness (QED) is 0.101. The van der Waals surface area contributed by atoms with Gasteiger partial charge in [-0.25, -0.2) is 0 Å². The lowest BCUT2D eigenvalue weighted by Crippen LogP contribution is -2.31. The van der Waals surface area contributed by atoms with Gasteiger partial charge in [-0.3, -0.25) is 0 Å². The number of anilines is 2. The van der Waals surface area contributed by atoms with Gasteiger partial charge in [0, 0.05) is 82.1 Å². The molecule has 0 aromatic heterocycles. The van der Waals surface area contributed by atoms with Crippen LogP contribution in [0.1, 0.15) is 114 Å². The minimum atomic E-state index is -0.218. The summed E-state index contributed by atoms with van der Waals surface area (Å²) in [6, 6.07) is 54.9. The van der Waals surface area contributed by atoms with Gasteiger partial charge in [0.25, 0.3) is 0 Å². The molecule has 0 bridgehead atoms. The van der Waals surface area contributed by atoms with Gasteiger partial charge in [-0.2, -0.15) is 9.15 Å². The highest BCUT2D eigenvalue weighted by molar-refractivity contribution is 6.09. The fourth-order valence-corrected chi connectivity index (χ4v) is 14.0. The van der Waals surface area contributed by atoms with E-state index in [9.17, 15) is 0 Å². The van der Waals surface area contributed by atoms with Crippen LogP contribution in [-0.4, -0.2) is 47.8 Å². The van der Waals surface area contributed by atoms with Gasteiger partial charge in [-0.1, -0.05) is 148 Å². The van der Waals surface area contributed by atoms with Crippen LogP contribution in [0.3, 0.4) is 0 Å². The summed E-state index contributed by atoms with van der Waals surface area (Å²) >= 11 is 0. The SMILES string of the molecule is CCCCN1/C(=C\C=C\C2=[N+](C)c3ccc4ccccc4c3C2(C)C)C(C)(Cc2ccc(CC3(C)/C(=C/C=C/C4=[N+](C)c5ccc6ccccc6c5C4(C)C)N(CCCC)c4ccccc43)cc2)c2ccccc21. The zero-order valence-electron chi connectivity index (χ0n) is 45.8. The molecule has 0 saturated carbocycles. The summed E-state index contributed by atoms with van der Waals surface area (Å²) < 4.78 is 4.82. The van der Waals surface area contributed by atoms with E-state index in [2.05, 4.69) is 270 Å². The molecule has 0 N–H and O–H groups in total. The zero-order valence-corrected chi connectivity index (χ0v) is 45.8. The number of benzene rings is 7. The van der Waals surface area contributed by atoms with Crippen molar-refractivity contribution >= 4 is 55.7 Å². The van der Waals surface area contributed by atoms with Crippen LogP contribution >= 0.6 is 0 Å². The van der Waals surface area contributed by atoms with Crippen molar-refractivity contribution in [1.82, 2.24) is 0 Å². The van der Waals surface area contributed by atoms with Crippen molar-refractivity contribution in [2.24, 2.45) is 0 Å². The first-order chi connectivity index (χ1) is 35.7. The molecule has 0 aliphatic carbocycles. The Kier molecular flexibility index (Phi) is 12.6. The van der Waals surface area contributed by atoms with Crippen molar-refractivity contribution in [2.75, 3.05) is 37.0 Å². The number of para-hydroxylation sites is 2. The van der Waals surface area contributed by atoms with Gasteiger partial charge in [-0.15, -0.1) is 0 Å². The molecule has 4 heteroatoms. The largest absolute Gasteiger partial charge is 0.344 e. The van der Waals surface area contributed by atoms with Crippen LogP contribution in [0.2, 0.25) is 0 Å². The molecule has 0 fully saturated rings. The molecular formula is C70H76N4+2. The fourth-order valence-electron chi connectivity index (χ4n) is 14.0. The molecule has 0 amide bonds. The van der Waals surface area contributed by atoms with Crippen molar-refractivity contribution < 1.29 is 9.15 Å². The number of hydrogen-bond donors (Lipinski definition) is 0. The van der Waals surface area contributed by atoms with E-state index in [0.29, 0.717) is 0 Å². The molecule has 374 valence electrons. The van der Waals surface area contributed by atoms with Crippen LogP contribution in [0.25, 0.3) is 21.5 Å². The summed E-state index contributed by atoms with van der Waals surface area (Å²) in [6.07, 6.45) is 20.8. The molecule has 4 heterocycles. The summed E-state index contributed by atoms with van der Waals surface area (Å²) in [4.78, 5) is 5.26. The molecular weight excluding hydrogens is 897 g/mol. The topological polar surface area (TPSA) is 12.5 Å². The molecule has 4 aliphatic rings. The van der Waals surface area contributed by atoms with Crippen LogP contribution in [-0.2, 0) is 34.5 Å². The van der Waals surface area contributed by atoms with Gasteiger partial charge in [0.1, 0.15) is 14.1 Å². The number of hydrogen-bond acceptors (Lipinski definition) is 2. The lowest BCUT2D eigenvalue weighted by molar-refractivity contribution is -0.401. The first kappa shape index (κ1) is 49.2. The first-order valence-corrected chi connectivity index (χ1v) is 27.6. The van der Waals surface area contributed by atoms with Crippen LogP contribution in [0, 0.1) is 0 Å². The maximum Gasteiger partial charge on any atom is 0.210 e. The van der Waals surface area contributed by atoms with Crippen molar-refractivity contribution in [1.29, 1.82) is 0 Å². The van der Waals surface area contributed by atoms with Crippen LogP contribution in [0.15, 0.2) is 193 Å². The van der Waals surface area contributed by atoms with Gasteiger partial charge < -0.3 is 9.80 Å². The van der Waals surface area contributed by atoms with Gasteiger partial charge in [-0.05, 0) is 147 Å². The van der Waals surface area contributed by atoms with E-state index in [1.165, 1.54) is 100 Å². The molecule has 0 spiro atoms. The van der Waals surface area contributed by atoms with Gasteiger partial charge in [0.2, 0.25) is 11.4 Å². The fraction of sp³-hybridized carbons (Fsp3) is 0.314. The Morgan fingerprint density at radius 2 is 0.824 bits per heavy atom. The molecule has 2 unspecified atom stereocenters. The van der Waals surface area contributed by atoms with Crippen molar-refractivity contribution in [3.8, 4) is 0 Å². The summed E-state index contributed by atoms with van der Waals surface area (Å²) in [6.45, 7) is 21.1. The molecule has 11 rings (SSSR count). The van der Waals surface area contributed by atoms with Crippen LogP contribution < -0.4 is 9.80 Å². The highest BCUT2D eigenvalue weighted by atomic mass is 15.2. The Morgan fingerprint density at radius 3 is 1.23 bits per heavy atom. The van der Waals surface area contributed by atoms with Gasteiger partial charge in [0.15, 0.2) is 11.4 Å². The molecule has 7 aromatic carbocycles. The second kappa shape index (κ2) is 19.0.